The molecule has 0 spiro atoms. The molecule has 4 heterocycles. The Kier molecular flexibility index (Phi) is 7.06. The smallest absolute Gasteiger partial charge is 0.329 e. The molecule has 0 radical (unpaired) electrons. The Morgan fingerprint density at radius 1 is 0.914 bits per heavy atom. The van der Waals surface area contributed by atoms with Gasteiger partial charge in [0.05, 0.1) is 29.4 Å². The van der Waals surface area contributed by atoms with Crippen LogP contribution in [0.25, 0.3) is 11.0 Å². The summed E-state index contributed by atoms with van der Waals surface area (Å²) in [5, 5.41) is 9.07. The molecule has 2 fully saturated rings. The van der Waals surface area contributed by atoms with Crippen LogP contribution < -0.4 is 5.69 Å². The van der Waals surface area contributed by atoms with Gasteiger partial charge in [0.1, 0.15) is 0 Å². The molecule has 2 aromatic heterocycles. The molecule has 35 heavy (non-hydrogen) atoms. The van der Waals surface area contributed by atoms with Gasteiger partial charge in [0.15, 0.2) is 0 Å². The number of nitrogens with zero attached hydrogens (tertiary/aromatic N) is 5. The Balaban J connectivity index is 1.23. The number of aliphatic hydroxyl groups excluding tert-OH is 1. The molecule has 9 nitrogen and oxygen atoms in total. The predicted molar refractivity (Wildman–Crippen MR) is 135 cm³/mol. The quantitative estimate of drug-likeness (QED) is 0.532. The summed E-state index contributed by atoms with van der Waals surface area (Å²) in [5.74, 6) is 0. The Hall–Kier alpha value is -2.53. The number of imidazole rings is 1. The van der Waals surface area contributed by atoms with Crippen LogP contribution in [-0.2, 0) is 23.1 Å². The minimum absolute atomic E-state index is 0.0546. The second kappa shape index (κ2) is 10.2. The van der Waals surface area contributed by atoms with E-state index in [4.69, 9.17) is 0 Å². The van der Waals surface area contributed by atoms with Gasteiger partial charge in [0, 0.05) is 38.1 Å². The van der Waals surface area contributed by atoms with E-state index in [1.807, 2.05) is 36.4 Å². The first-order valence-electron chi connectivity index (χ1n) is 12.4. The lowest BCUT2D eigenvalue weighted by Gasteiger charge is -2.37. The molecule has 0 amide bonds. The molecule has 2 saturated heterocycles. The van der Waals surface area contributed by atoms with Crippen molar-refractivity contribution in [2.24, 2.45) is 0 Å². The van der Waals surface area contributed by atoms with E-state index in [1.165, 1.54) is 5.56 Å². The summed E-state index contributed by atoms with van der Waals surface area (Å²) in [5.41, 5.74) is 2.70. The van der Waals surface area contributed by atoms with Gasteiger partial charge < -0.3 is 5.11 Å². The molecule has 0 unspecified atom stereocenters. The fourth-order valence-corrected chi connectivity index (χ4v) is 7.53. The average Bonchev–Trinajstić information content (AvgIpc) is 3.16. The molecule has 188 valence electrons. The maximum Gasteiger partial charge on any atom is 0.329 e. The van der Waals surface area contributed by atoms with Gasteiger partial charge in [-0.1, -0.05) is 12.1 Å². The van der Waals surface area contributed by atoms with E-state index in [1.54, 1.807) is 25.8 Å². The third kappa shape index (κ3) is 4.80. The van der Waals surface area contributed by atoms with Crippen LogP contribution in [0.2, 0.25) is 0 Å². The van der Waals surface area contributed by atoms with Crippen molar-refractivity contribution >= 4 is 21.1 Å². The summed E-state index contributed by atoms with van der Waals surface area (Å²) >= 11 is 0. The molecule has 2 aliphatic heterocycles. The summed E-state index contributed by atoms with van der Waals surface area (Å²) < 4.78 is 31.9. The lowest BCUT2D eigenvalue weighted by molar-refractivity contribution is 0.215. The highest BCUT2D eigenvalue weighted by Gasteiger charge is 2.37. The summed E-state index contributed by atoms with van der Waals surface area (Å²) in [4.78, 5) is 19.5. The van der Waals surface area contributed by atoms with Crippen LogP contribution >= 0.6 is 0 Å². The summed E-state index contributed by atoms with van der Waals surface area (Å²) in [6.45, 7) is 3.35. The molecular formula is C25H33N5O4S. The van der Waals surface area contributed by atoms with E-state index < -0.39 is 10.0 Å². The number of pyridine rings is 1. The van der Waals surface area contributed by atoms with Gasteiger partial charge in [-0.2, -0.15) is 0 Å². The average molecular weight is 500 g/mol. The number of hydrogen-bond acceptors (Lipinski definition) is 6. The van der Waals surface area contributed by atoms with Crippen LogP contribution in [0.1, 0.15) is 37.3 Å². The van der Waals surface area contributed by atoms with Crippen LogP contribution in [0.3, 0.4) is 0 Å². The molecule has 2 aliphatic rings. The maximum atomic E-state index is 13.4. The Labute approximate surface area is 205 Å². The van der Waals surface area contributed by atoms with Crippen molar-refractivity contribution in [2.75, 3.05) is 32.8 Å². The lowest BCUT2D eigenvalue weighted by Crippen LogP contribution is -2.48. The van der Waals surface area contributed by atoms with Crippen molar-refractivity contribution in [3.63, 3.8) is 0 Å². The molecule has 10 heteroatoms. The zero-order valence-corrected chi connectivity index (χ0v) is 20.7. The number of benzene rings is 1. The highest BCUT2D eigenvalue weighted by Crippen LogP contribution is 2.30. The fraction of sp³-hybridized carbons (Fsp3) is 0.520. The molecule has 3 aromatic rings. The highest BCUT2D eigenvalue weighted by atomic mass is 32.2. The normalized spacial score (nSPS) is 19.5. The van der Waals surface area contributed by atoms with Crippen LogP contribution in [-0.4, -0.2) is 74.9 Å². The van der Waals surface area contributed by atoms with E-state index >= 15 is 0 Å². The van der Waals surface area contributed by atoms with Crippen molar-refractivity contribution in [2.45, 2.75) is 50.1 Å². The van der Waals surface area contributed by atoms with E-state index in [0.29, 0.717) is 38.8 Å². The molecule has 5 rings (SSSR count). The molecule has 1 aromatic carbocycles. The Bertz CT molecular complexity index is 1300. The number of piperidine rings is 2. The second-order valence-corrected chi connectivity index (χ2v) is 11.7. The van der Waals surface area contributed by atoms with Gasteiger partial charge in [0.2, 0.25) is 10.0 Å². The first kappa shape index (κ1) is 24.2. The summed E-state index contributed by atoms with van der Waals surface area (Å²) in [7, 11) is -3.37. The third-order valence-corrected chi connectivity index (χ3v) is 9.85. The number of likely N-dealkylation sites (tertiary alicyclic amines) is 1. The fourth-order valence-electron chi connectivity index (χ4n) is 5.58. The molecular weight excluding hydrogens is 466 g/mol. The standard InChI is InChI=1S/C25H33N5O4S/c31-18-17-29-23-3-1-2-4-24(23)30(25(29)32)21-7-15-28(16-8-21)35(33,34)22-9-13-27(14-10-22)19-20-5-11-26-12-6-20/h1-6,11-12,21-22,31H,7-10,13-19H2. The Morgan fingerprint density at radius 3 is 2.23 bits per heavy atom. The van der Waals surface area contributed by atoms with Gasteiger partial charge >= 0.3 is 5.69 Å². The molecule has 0 atom stereocenters. The first-order chi connectivity index (χ1) is 17.0. The van der Waals surface area contributed by atoms with Crippen LogP contribution in [0.4, 0.5) is 0 Å². The lowest BCUT2D eigenvalue weighted by atomic mass is 10.1. The van der Waals surface area contributed by atoms with Crippen LogP contribution in [0.15, 0.2) is 53.6 Å². The number of para-hydroxylation sites is 2. The van der Waals surface area contributed by atoms with E-state index in [9.17, 15) is 18.3 Å². The van der Waals surface area contributed by atoms with E-state index in [0.717, 1.165) is 30.7 Å². The monoisotopic (exact) mass is 499 g/mol. The van der Waals surface area contributed by atoms with Gasteiger partial charge in [-0.25, -0.2) is 17.5 Å². The van der Waals surface area contributed by atoms with Crippen molar-refractivity contribution in [1.82, 2.24) is 23.3 Å². The zero-order valence-electron chi connectivity index (χ0n) is 19.9. The van der Waals surface area contributed by atoms with Crippen molar-refractivity contribution in [3.8, 4) is 0 Å². The predicted octanol–water partition coefficient (Wildman–Crippen LogP) is 1.82. The summed E-state index contributed by atoms with van der Waals surface area (Å²) in [6, 6.07) is 11.6. The van der Waals surface area contributed by atoms with Crippen molar-refractivity contribution in [1.29, 1.82) is 0 Å². The zero-order chi connectivity index (χ0) is 24.4. The number of fused-ring (bicyclic) bond motifs is 1. The second-order valence-electron chi connectivity index (χ2n) is 9.52. The van der Waals surface area contributed by atoms with Crippen molar-refractivity contribution in [3.05, 3.63) is 64.8 Å². The van der Waals surface area contributed by atoms with Gasteiger partial charge in [-0.15, -0.1) is 0 Å². The number of sulfonamides is 1. The number of rotatable bonds is 7. The molecule has 0 saturated carbocycles. The topological polar surface area (TPSA) is 101 Å². The first-order valence-corrected chi connectivity index (χ1v) is 13.9. The van der Waals surface area contributed by atoms with Crippen LogP contribution in [0, 0.1) is 0 Å². The van der Waals surface area contributed by atoms with E-state index in [-0.39, 0.29) is 30.1 Å². The van der Waals surface area contributed by atoms with E-state index in [2.05, 4.69) is 9.88 Å². The maximum absolute atomic E-state index is 13.4. The Morgan fingerprint density at radius 2 is 1.57 bits per heavy atom. The number of aromatic nitrogens is 3. The van der Waals surface area contributed by atoms with Gasteiger partial charge in [0.25, 0.3) is 0 Å². The number of aliphatic hydroxyl groups is 1. The molecule has 0 bridgehead atoms. The minimum atomic E-state index is -3.37. The third-order valence-electron chi connectivity index (χ3n) is 7.45. The SMILES string of the molecule is O=c1n(CCO)c2ccccc2n1C1CCN(S(=O)(=O)C2CCN(Cc3ccncc3)CC2)CC1. The van der Waals surface area contributed by atoms with Crippen molar-refractivity contribution < 1.29 is 13.5 Å². The van der Waals surface area contributed by atoms with Crippen LogP contribution in [0.5, 0.6) is 0 Å². The van der Waals surface area contributed by atoms with Gasteiger partial charge in [-0.3, -0.25) is 19.0 Å². The molecule has 0 aliphatic carbocycles. The highest BCUT2D eigenvalue weighted by molar-refractivity contribution is 7.89. The minimum Gasteiger partial charge on any atom is -0.395 e. The summed E-state index contributed by atoms with van der Waals surface area (Å²) in [6.07, 6.45) is 6.06. The molecule has 1 N–H and O–H groups in total. The van der Waals surface area contributed by atoms with Gasteiger partial charge in [-0.05, 0) is 68.6 Å². The largest absolute Gasteiger partial charge is 0.395 e. The number of hydrogen-bond donors (Lipinski definition) is 1.